The summed E-state index contributed by atoms with van der Waals surface area (Å²) in [5, 5.41) is 12.3. The maximum absolute atomic E-state index is 11.3. The third-order valence-electron chi connectivity index (χ3n) is 3.73. The predicted molar refractivity (Wildman–Crippen MR) is 76.1 cm³/mol. The standard InChI is InChI=1S/C14H17N5O2/c1-21-14(20)12-3-4-13(17-16-12)18-9-5-11(6-10-18)19-8-2-7-15-19/h2-4,7-8,11H,5-6,9-10H2,1H3. The molecule has 3 rings (SSSR count). The van der Waals surface area contributed by atoms with Crippen molar-refractivity contribution >= 4 is 11.8 Å². The first kappa shape index (κ1) is 13.5. The van der Waals surface area contributed by atoms with Gasteiger partial charge in [-0.1, -0.05) is 0 Å². The number of ether oxygens (including phenoxy) is 1. The second-order valence-electron chi connectivity index (χ2n) is 4.97. The summed E-state index contributed by atoms with van der Waals surface area (Å²) in [7, 11) is 1.33. The molecule has 0 unspecified atom stereocenters. The molecule has 0 amide bonds. The molecule has 1 fully saturated rings. The van der Waals surface area contributed by atoms with Crippen LogP contribution < -0.4 is 4.90 Å². The van der Waals surface area contributed by atoms with E-state index in [0.717, 1.165) is 31.7 Å². The van der Waals surface area contributed by atoms with Crippen LogP contribution in [-0.4, -0.2) is 46.1 Å². The van der Waals surface area contributed by atoms with E-state index in [0.29, 0.717) is 6.04 Å². The highest BCUT2D eigenvalue weighted by molar-refractivity contribution is 5.86. The smallest absolute Gasteiger partial charge is 0.358 e. The van der Waals surface area contributed by atoms with Crippen LogP contribution in [-0.2, 0) is 4.74 Å². The van der Waals surface area contributed by atoms with Crippen LogP contribution in [0.3, 0.4) is 0 Å². The van der Waals surface area contributed by atoms with Gasteiger partial charge in [-0.15, -0.1) is 10.2 Å². The number of nitrogens with zero attached hydrogens (tertiary/aromatic N) is 5. The van der Waals surface area contributed by atoms with Crippen molar-refractivity contribution in [3.05, 3.63) is 36.3 Å². The van der Waals surface area contributed by atoms with E-state index in [2.05, 4.69) is 24.9 Å². The Balaban J connectivity index is 1.63. The Labute approximate surface area is 122 Å². The lowest BCUT2D eigenvalue weighted by Crippen LogP contribution is -2.35. The molecular formula is C14H17N5O2. The van der Waals surface area contributed by atoms with Gasteiger partial charge >= 0.3 is 5.97 Å². The molecule has 1 saturated heterocycles. The van der Waals surface area contributed by atoms with Crippen LogP contribution >= 0.6 is 0 Å². The van der Waals surface area contributed by atoms with E-state index in [1.165, 1.54) is 7.11 Å². The minimum Gasteiger partial charge on any atom is -0.464 e. The maximum Gasteiger partial charge on any atom is 0.358 e. The van der Waals surface area contributed by atoms with Gasteiger partial charge in [0.1, 0.15) is 0 Å². The maximum atomic E-state index is 11.3. The quantitative estimate of drug-likeness (QED) is 0.792. The summed E-state index contributed by atoms with van der Waals surface area (Å²) in [6.45, 7) is 1.80. The SMILES string of the molecule is COC(=O)c1ccc(N2CCC(n3cccn3)CC2)nn1. The number of esters is 1. The third kappa shape index (κ3) is 2.86. The molecular weight excluding hydrogens is 270 g/mol. The van der Waals surface area contributed by atoms with Gasteiger partial charge in [0.05, 0.1) is 13.2 Å². The van der Waals surface area contributed by atoms with Gasteiger partial charge < -0.3 is 9.64 Å². The number of carbonyl (C=O) groups excluding carboxylic acids is 1. The lowest BCUT2D eigenvalue weighted by molar-refractivity contribution is 0.0592. The number of piperidine rings is 1. The molecule has 0 N–H and O–H groups in total. The van der Waals surface area contributed by atoms with Crippen molar-refractivity contribution < 1.29 is 9.53 Å². The first-order valence-electron chi connectivity index (χ1n) is 6.94. The van der Waals surface area contributed by atoms with E-state index in [1.807, 2.05) is 29.2 Å². The molecule has 7 nitrogen and oxygen atoms in total. The fourth-order valence-corrected chi connectivity index (χ4v) is 2.56. The van der Waals surface area contributed by atoms with Gasteiger partial charge in [-0.05, 0) is 31.0 Å². The molecule has 21 heavy (non-hydrogen) atoms. The van der Waals surface area contributed by atoms with Gasteiger partial charge in [-0.3, -0.25) is 4.68 Å². The van der Waals surface area contributed by atoms with Crippen LogP contribution in [0.25, 0.3) is 0 Å². The monoisotopic (exact) mass is 287 g/mol. The molecule has 0 bridgehead atoms. The van der Waals surface area contributed by atoms with E-state index in [4.69, 9.17) is 0 Å². The molecule has 3 heterocycles. The van der Waals surface area contributed by atoms with Crippen molar-refractivity contribution in [2.75, 3.05) is 25.1 Å². The average Bonchev–Trinajstić information content (AvgIpc) is 3.09. The first-order valence-corrected chi connectivity index (χ1v) is 6.94. The Hall–Kier alpha value is -2.44. The van der Waals surface area contributed by atoms with Crippen LogP contribution in [0.5, 0.6) is 0 Å². The normalized spacial score (nSPS) is 16.0. The van der Waals surface area contributed by atoms with Crippen LogP contribution in [0.15, 0.2) is 30.6 Å². The van der Waals surface area contributed by atoms with Crippen molar-refractivity contribution in [3.63, 3.8) is 0 Å². The zero-order valence-electron chi connectivity index (χ0n) is 11.8. The Morgan fingerprint density at radius 2 is 2.10 bits per heavy atom. The lowest BCUT2D eigenvalue weighted by atomic mass is 10.1. The summed E-state index contributed by atoms with van der Waals surface area (Å²) >= 11 is 0. The second kappa shape index (κ2) is 5.90. The van der Waals surface area contributed by atoms with Gasteiger partial charge in [0.2, 0.25) is 0 Å². The van der Waals surface area contributed by atoms with Crippen molar-refractivity contribution in [3.8, 4) is 0 Å². The molecule has 1 aliphatic heterocycles. The largest absolute Gasteiger partial charge is 0.464 e. The number of anilines is 1. The highest BCUT2D eigenvalue weighted by Crippen LogP contribution is 2.24. The van der Waals surface area contributed by atoms with Gasteiger partial charge in [-0.25, -0.2) is 4.79 Å². The molecule has 2 aromatic heterocycles. The fourth-order valence-electron chi connectivity index (χ4n) is 2.56. The van der Waals surface area contributed by atoms with Gasteiger partial charge in [-0.2, -0.15) is 5.10 Å². The number of hydrogen-bond donors (Lipinski definition) is 0. The molecule has 7 heteroatoms. The number of rotatable bonds is 3. The Kier molecular flexibility index (Phi) is 3.81. The molecule has 1 aliphatic rings. The topological polar surface area (TPSA) is 73.1 Å². The summed E-state index contributed by atoms with van der Waals surface area (Å²) < 4.78 is 6.63. The highest BCUT2D eigenvalue weighted by atomic mass is 16.5. The Bertz CT molecular complexity index is 588. The van der Waals surface area contributed by atoms with E-state index in [-0.39, 0.29) is 5.69 Å². The molecule has 0 spiro atoms. The predicted octanol–water partition coefficient (Wildman–Crippen LogP) is 1.30. The Morgan fingerprint density at radius 3 is 2.67 bits per heavy atom. The number of hydrogen-bond acceptors (Lipinski definition) is 6. The van der Waals surface area contributed by atoms with Crippen molar-refractivity contribution in [1.82, 2.24) is 20.0 Å². The van der Waals surface area contributed by atoms with Gasteiger partial charge in [0.15, 0.2) is 11.5 Å². The van der Waals surface area contributed by atoms with E-state index < -0.39 is 5.97 Å². The molecule has 0 aromatic carbocycles. The van der Waals surface area contributed by atoms with Crippen LogP contribution in [0, 0.1) is 0 Å². The minimum atomic E-state index is -0.466. The zero-order chi connectivity index (χ0) is 14.7. The van der Waals surface area contributed by atoms with Crippen molar-refractivity contribution in [2.45, 2.75) is 18.9 Å². The number of methoxy groups -OCH3 is 1. The summed E-state index contributed by atoms with van der Waals surface area (Å²) in [4.78, 5) is 13.5. The molecule has 0 aliphatic carbocycles. The Morgan fingerprint density at radius 1 is 1.29 bits per heavy atom. The third-order valence-corrected chi connectivity index (χ3v) is 3.73. The van der Waals surface area contributed by atoms with Crippen LogP contribution in [0.1, 0.15) is 29.4 Å². The van der Waals surface area contributed by atoms with E-state index in [9.17, 15) is 4.79 Å². The fraction of sp³-hybridized carbons (Fsp3) is 0.429. The number of aromatic nitrogens is 4. The van der Waals surface area contributed by atoms with Gasteiger partial charge in [0.25, 0.3) is 0 Å². The van der Waals surface area contributed by atoms with E-state index >= 15 is 0 Å². The van der Waals surface area contributed by atoms with Crippen LogP contribution in [0.4, 0.5) is 5.82 Å². The van der Waals surface area contributed by atoms with Crippen LogP contribution in [0.2, 0.25) is 0 Å². The summed E-state index contributed by atoms with van der Waals surface area (Å²) in [6.07, 6.45) is 5.85. The van der Waals surface area contributed by atoms with E-state index in [1.54, 1.807) is 6.07 Å². The van der Waals surface area contributed by atoms with Gasteiger partial charge in [0, 0.05) is 25.5 Å². The summed E-state index contributed by atoms with van der Waals surface area (Å²) in [5.74, 6) is 0.327. The molecule has 0 radical (unpaired) electrons. The molecule has 2 aromatic rings. The summed E-state index contributed by atoms with van der Waals surface area (Å²) in [5.41, 5.74) is 0.229. The molecule has 110 valence electrons. The van der Waals surface area contributed by atoms with Crippen molar-refractivity contribution in [2.24, 2.45) is 0 Å². The minimum absolute atomic E-state index is 0.229. The average molecular weight is 287 g/mol. The highest BCUT2D eigenvalue weighted by Gasteiger charge is 2.22. The molecule has 0 saturated carbocycles. The second-order valence-corrected chi connectivity index (χ2v) is 4.97. The molecule has 0 atom stereocenters. The first-order chi connectivity index (χ1) is 10.3. The number of carbonyl (C=O) groups is 1. The summed E-state index contributed by atoms with van der Waals surface area (Å²) in [6, 6.07) is 5.85. The zero-order valence-corrected chi connectivity index (χ0v) is 11.8. The van der Waals surface area contributed by atoms with Crippen molar-refractivity contribution in [1.29, 1.82) is 0 Å². The lowest BCUT2D eigenvalue weighted by Gasteiger charge is -2.32.